The number of hydrogen-bond donors (Lipinski definition) is 2. The van der Waals surface area contributed by atoms with Gasteiger partial charge in [-0.3, -0.25) is 5.43 Å². The van der Waals surface area contributed by atoms with Crippen LogP contribution >= 0.6 is 11.3 Å². The van der Waals surface area contributed by atoms with Gasteiger partial charge in [-0.1, -0.05) is 19.8 Å². The normalized spacial score (nSPS) is 22.4. The summed E-state index contributed by atoms with van der Waals surface area (Å²) in [6.07, 6.45) is 6.27. The van der Waals surface area contributed by atoms with Crippen LogP contribution in [0.1, 0.15) is 43.9 Å². The molecule has 21 heavy (non-hydrogen) atoms. The number of ether oxygens (including phenoxy) is 1. The molecule has 1 fully saturated rings. The number of nitrogens with one attached hydrogen (secondary N) is 1. The maximum Gasteiger partial charge on any atom is 0.241 e. The van der Waals surface area contributed by atoms with Crippen molar-refractivity contribution in [3.05, 3.63) is 10.9 Å². The van der Waals surface area contributed by atoms with Gasteiger partial charge in [0.2, 0.25) is 11.8 Å². The van der Waals surface area contributed by atoms with E-state index in [1.54, 1.807) is 11.3 Å². The summed E-state index contributed by atoms with van der Waals surface area (Å²) in [6, 6.07) is 2.09. The summed E-state index contributed by atoms with van der Waals surface area (Å²) in [6.45, 7) is 4.33. The summed E-state index contributed by atoms with van der Waals surface area (Å²) in [4.78, 5) is 10.9. The van der Waals surface area contributed by atoms with Gasteiger partial charge in [0.1, 0.15) is 10.9 Å². The molecule has 2 heterocycles. The average Bonchev–Trinajstić information content (AvgIpc) is 2.88. The van der Waals surface area contributed by atoms with E-state index < -0.39 is 0 Å². The molecule has 6 heteroatoms. The number of nitrogens with zero attached hydrogens (tertiary/aromatic N) is 2. The molecular weight excluding hydrogens is 284 g/mol. The van der Waals surface area contributed by atoms with Crippen molar-refractivity contribution in [2.24, 2.45) is 11.8 Å². The molecule has 5 nitrogen and oxygen atoms in total. The van der Waals surface area contributed by atoms with Gasteiger partial charge in [-0.2, -0.15) is 4.98 Å². The van der Waals surface area contributed by atoms with Crippen molar-refractivity contribution >= 4 is 27.5 Å². The van der Waals surface area contributed by atoms with Gasteiger partial charge < -0.3 is 4.74 Å². The van der Waals surface area contributed by atoms with Crippen molar-refractivity contribution in [3.63, 3.8) is 0 Å². The molecule has 2 aromatic rings. The molecule has 2 unspecified atom stereocenters. The van der Waals surface area contributed by atoms with Crippen LogP contribution in [0, 0.1) is 12.8 Å². The fourth-order valence-electron chi connectivity index (χ4n) is 3.05. The van der Waals surface area contributed by atoms with Crippen LogP contribution in [-0.4, -0.2) is 16.1 Å². The fraction of sp³-hybridized carbons (Fsp3) is 0.600. The Morgan fingerprint density at radius 2 is 2.29 bits per heavy atom. The third-order valence-corrected chi connectivity index (χ3v) is 5.14. The number of thiophene rings is 1. The average molecular weight is 306 g/mol. The van der Waals surface area contributed by atoms with Crippen molar-refractivity contribution in [2.45, 2.75) is 52.1 Å². The summed E-state index contributed by atoms with van der Waals surface area (Å²) in [7, 11) is 0. The zero-order chi connectivity index (χ0) is 14.8. The van der Waals surface area contributed by atoms with Crippen LogP contribution in [0.4, 0.5) is 5.95 Å². The van der Waals surface area contributed by atoms with E-state index in [4.69, 9.17) is 10.6 Å². The molecule has 0 saturated heterocycles. The van der Waals surface area contributed by atoms with Crippen LogP contribution in [0.15, 0.2) is 6.07 Å². The van der Waals surface area contributed by atoms with Crippen molar-refractivity contribution < 1.29 is 4.74 Å². The summed E-state index contributed by atoms with van der Waals surface area (Å²) in [5.74, 6) is 7.33. The number of rotatable bonds is 4. The van der Waals surface area contributed by atoms with Crippen molar-refractivity contribution in [1.82, 2.24) is 9.97 Å². The number of nitrogen functional groups attached to an aromatic ring is 1. The highest BCUT2D eigenvalue weighted by Gasteiger charge is 2.24. The van der Waals surface area contributed by atoms with Crippen LogP contribution in [0.2, 0.25) is 0 Å². The van der Waals surface area contributed by atoms with Gasteiger partial charge in [0, 0.05) is 4.88 Å². The Balaban J connectivity index is 1.88. The number of aryl methyl sites for hydroxylation is 1. The molecule has 1 saturated carbocycles. The molecule has 0 radical (unpaired) electrons. The summed E-state index contributed by atoms with van der Waals surface area (Å²) in [5, 5.41) is 0.995. The standard InChI is InChI=1S/C15H22N4OS/c1-3-10-5-4-6-11(8-10)20-13-12-7-9(2)21-14(12)18-15(17-13)19-16/h7,10-11H,3-6,8,16H2,1-2H3,(H,17,18,19). The van der Waals surface area contributed by atoms with Crippen LogP contribution < -0.4 is 16.0 Å². The first-order valence-electron chi connectivity index (χ1n) is 7.61. The van der Waals surface area contributed by atoms with Gasteiger partial charge in [0.15, 0.2) is 0 Å². The van der Waals surface area contributed by atoms with Crippen LogP contribution in [0.25, 0.3) is 10.2 Å². The highest BCUT2D eigenvalue weighted by Crippen LogP contribution is 2.34. The molecule has 1 aliphatic rings. The summed E-state index contributed by atoms with van der Waals surface area (Å²) in [5.41, 5.74) is 2.53. The van der Waals surface area contributed by atoms with E-state index in [0.717, 1.165) is 29.0 Å². The minimum absolute atomic E-state index is 0.257. The molecule has 3 rings (SSSR count). The maximum atomic E-state index is 6.22. The largest absolute Gasteiger partial charge is 0.474 e. The number of hydrazine groups is 1. The van der Waals surface area contributed by atoms with Gasteiger partial charge in [-0.15, -0.1) is 11.3 Å². The Hall–Kier alpha value is -1.40. The van der Waals surface area contributed by atoms with Crippen molar-refractivity contribution in [3.8, 4) is 5.88 Å². The first-order valence-corrected chi connectivity index (χ1v) is 8.42. The lowest BCUT2D eigenvalue weighted by atomic mass is 9.85. The third kappa shape index (κ3) is 3.11. The Bertz CT molecular complexity index is 627. The van der Waals surface area contributed by atoms with Crippen LogP contribution in [0.5, 0.6) is 5.88 Å². The van der Waals surface area contributed by atoms with Crippen molar-refractivity contribution in [2.75, 3.05) is 5.43 Å². The molecule has 0 aliphatic heterocycles. The highest BCUT2D eigenvalue weighted by atomic mass is 32.1. The van der Waals surface area contributed by atoms with Gasteiger partial charge in [-0.05, 0) is 38.2 Å². The quantitative estimate of drug-likeness (QED) is 0.666. The zero-order valence-electron chi connectivity index (χ0n) is 12.6. The predicted molar refractivity (Wildman–Crippen MR) is 86.6 cm³/mol. The van der Waals surface area contributed by atoms with E-state index >= 15 is 0 Å². The lowest BCUT2D eigenvalue weighted by molar-refractivity contribution is 0.119. The maximum absolute atomic E-state index is 6.22. The summed E-state index contributed by atoms with van der Waals surface area (Å²) < 4.78 is 6.22. The predicted octanol–water partition coefficient (Wildman–Crippen LogP) is 3.63. The van der Waals surface area contributed by atoms with Crippen LogP contribution in [-0.2, 0) is 0 Å². The van der Waals surface area contributed by atoms with Gasteiger partial charge in [0.05, 0.1) is 5.39 Å². The number of anilines is 1. The smallest absolute Gasteiger partial charge is 0.241 e. The highest BCUT2D eigenvalue weighted by molar-refractivity contribution is 7.18. The molecule has 1 aliphatic carbocycles. The van der Waals surface area contributed by atoms with Gasteiger partial charge in [-0.25, -0.2) is 10.8 Å². The Morgan fingerprint density at radius 1 is 1.43 bits per heavy atom. The number of fused-ring (bicyclic) bond motifs is 1. The first-order chi connectivity index (χ1) is 10.2. The number of aromatic nitrogens is 2. The zero-order valence-corrected chi connectivity index (χ0v) is 13.4. The van der Waals surface area contributed by atoms with E-state index in [9.17, 15) is 0 Å². The second kappa shape index (κ2) is 6.15. The second-order valence-electron chi connectivity index (χ2n) is 5.75. The molecule has 0 bridgehead atoms. The minimum atomic E-state index is 0.257. The van der Waals surface area contributed by atoms with Gasteiger partial charge in [0.25, 0.3) is 0 Å². The molecule has 114 valence electrons. The van der Waals surface area contributed by atoms with Crippen molar-refractivity contribution in [1.29, 1.82) is 0 Å². The van der Waals surface area contributed by atoms with E-state index in [2.05, 4.69) is 35.3 Å². The molecule has 0 spiro atoms. The SMILES string of the molecule is CCC1CCCC(Oc2nc(NN)nc3sc(C)cc23)C1. The fourth-order valence-corrected chi connectivity index (χ4v) is 3.92. The molecule has 3 N–H and O–H groups in total. The molecule has 2 aromatic heterocycles. The van der Waals surface area contributed by atoms with Crippen LogP contribution in [0.3, 0.4) is 0 Å². The van der Waals surface area contributed by atoms with E-state index in [0.29, 0.717) is 11.8 Å². The Kier molecular flexibility index (Phi) is 4.26. The lowest BCUT2D eigenvalue weighted by Gasteiger charge is -2.28. The molecule has 2 atom stereocenters. The number of nitrogens with two attached hydrogens (primary N) is 1. The van der Waals surface area contributed by atoms with E-state index in [1.165, 1.54) is 24.1 Å². The topological polar surface area (TPSA) is 73.1 Å². The lowest BCUT2D eigenvalue weighted by Crippen LogP contribution is -2.25. The number of hydrogen-bond acceptors (Lipinski definition) is 6. The molecule has 0 aromatic carbocycles. The Morgan fingerprint density at radius 3 is 3.05 bits per heavy atom. The van der Waals surface area contributed by atoms with E-state index in [1.807, 2.05) is 0 Å². The Labute approximate surface area is 128 Å². The minimum Gasteiger partial charge on any atom is -0.474 e. The molecule has 0 amide bonds. The summed E-state index contributed by atoms with van der Waals surface area (Å²) >= 11 is 1.64. The third-order valence-electron chi connectivity index (χ3n) is 4.20. The van der Waals surface area contributed by atoms with Gasteiger partial charge >= 0.3 is 0 Å². The molecular formula is C15H22N4OS. The second-order valence-corrected chi connectivity index (χ2v) is 6.99. The first kappa shape index (κ1) is 14.5. The van der Waals surface area contributed by atoms with E-state index in [-0.39, 0.29) is 6.10 Å². The monoisotopic (exact) mass is 306 g/mol.